The van der Waals surface area contributed by atoms with Crippen molar-refractivity contribution in [2.45, 2.75) is 26.9 Å². The second-order valence-corrected chi connectivity index (χ2v) is 8.66. The Bertz CT molecular complexity index is 957. The Morgan fingerprint density at radius 3 is 2.60 bits per heavy atom. The van der Waals surface area contributed by atoms with Crippen molar-refractivity contribution in [3.8, 4) is 0 Å². The molecule has 190 valence electrons. The van der Waals surface area contributed by atoms with Gasteiger partial charge in [-0.2, -0.15) is 9.97 Å². The molecule has 9 heteroatoms. The molecule has 0 saturated carbocycles. The highest BCUT2D eigenvalue weighted by atomic mass is 16.5. The predicted octanol–water partition coefficient (Wildman–Crippen LogP) is 3.58. The highest BCUT2D eigenvalue weighted by Crippen LogP contribution is 2.22. The first-order chi connectivity index (χ1) is 17.0. The molecule has 3 rings (SSSR count). The molecule has 0 bridgehead atoms. The number of ether oxygens (including phenoxy) is 2. The van der Waals surface area contributed by atoms with Crippen molar-refractivity contribution in [3.05, 3.63) is 54.4 Å². The van der Waals surface area contributed by atoms with Crippen LogP contribution in [0.3, 0.4) is 0 Å². The third-order valence-electron chi connectivity index (χ3n) is 5.56. The third kappa shape index (κ3) is 8.52. The van der Waals surface area contributed by atoms with Crippen LogP contribution in [-0.2, 0) is 9.47 Å². The van der Waals surface area contributed by atoms with Crippen molar-refractivity contribution in [1.29, 1.82) is 0 Å². The van der Waals surface area contributed by atoms with Crippen molar-refractivity contribution in [2.75, 3.05) is 80.1 Å². The number of hydrogen-bond donors (Lipinski definition) is 1. The van der Waals surface area contributed by atoms with E-state index in [1.165, 1.54) is 0 Å². The summed E-state index contributed by atoms with van der Waals surface area (Å²) in [6.07, 6.45) is 7.81. The van der Waals surface area contributed by atoms with Gasteiger partial charge in [-0.1, -0.05) is 18.2 Å². The van der Waals surface area contributed by atoms with Crippen LogP contribution in [0.2, 0.25) is 0 Å². The number of piperazine rings is 1. The van der Waals surface area contributed by atoms with Crippen molar-refractivity contribution in [3.63, 3.8) is 0 Å². The van der Waals surface area contributed by atoms with Gasteiger partial charge in [-0.15, -0.1) is 0 Å². The van der Waals surface area contributed by atoms with Crippen LogP contribution in [0.1, 0.15) is 20.8 Å². The molecule has 1 unspecified atom stereocenters. The Morgan fingerprint density at radius 2 is 1.91 bits per heavy atom. The summed E-state index contributed by atoms with van der Waals surface area (Å²) in [4.78, 5) is 20.6. The fourth-order valence-corrected chi connectivity index (χ4v) is 3.72. The first-order valence-corrected chi connectivity index (χ1v) is 12.2. The standard InChI is InChI=1S/C26H39N7O2/c1-6-7-16-34-17-18-35-22(3)19-21(2)28-23-20-25(31(4)5)30-26(29-23)33-14-12-32(13-15-33)24-10-8-9-11-27-24/h6-11,19-20,22H,12-18H2,1-5H3,(H,28,29,30)/b7-6-,21-19+. The van der Waals surface area contributed by atoms with E-state index in [-0.39, 0.29) is 6.10 Å². The van der Waals surface area contributed by atoms with Crippen molar-refractivity contribution in [1.82, 2.24) is 15.0 Å². The van der Waals surface area contributed by atoms with Gasteiger partial charge in [0.2, 0.25) is 5.95 Å². The van der Waals surface area contributed by atoms with Gasteiger partial charge in [0.1, 0.15) is 17.5 Å². The SMILES string of the molecule is C/C=C\COCCOC(C)/C=C(\C)Nc1cc(N(C)C)nc(N2CCN(c3ccccn3)CC2)n1. The molecule has 9 nitrogen and oxygen atoms in total. The molecule has 0 aliphatic carbocycles. The number of pyridine rings is 1. The second kappa shape index (κ2) is 13.7. The lowest BCUT2D eigenvalue weighted by atomic mass is 10.3. The topological polar surface area (TPSA) is 78.9 Å². The molecule has 0 spiro atoms. The Kier molecular flexibility index (Phi) is 10.3. The van der Waals surface area contributed by atoms with Gasteiger partial charge < -0.3 is 29.5 Å². The van der Waals surface area contributed by atoms with E-state index in [0.717, 1.165) is 55.3 Å². The van der Waals surface area contributed by atoms with E-state index in [0.29, 0.717) is 19.8 Å². The van der Waals surface area contributed by atoms with Crippen LogP contribution in [0.15, 0.2) is 54.4 Å². The molecule has 0 radical (unpaired) electrons. The van der Waals surface area contributed by atoms with E-state index >= 15 is 0 Å². The largest absolute Gasteiger partial charge is 0.375 e. The maximum absolute atomic E-state index is 5.83. The predicted molar refractivity (Wildman–Crippen MR) is 143 cm³/mol. The van der Waals surface area contributed by atoms with E-state index in [1.54, 1.807) is 0 Å². The molecule has 0 amide bonds. The summed E-state index contributed by atoms with van der Waals surface area (Å²) in [5.41, 5.74) is 0.974. The normalized spacial score (nSPS) is 15.5. The molecular weight excluding hydrogens is 442 g/mol. The van der Waals surface area contributed by atoms with Crippen LogP contribution >= 0.6 is 0 Å². The Balaban J connectivity index is 1.60. The number of nitrogens with zero attached hydrogens (tertiary/aromatic N) is 6. The number of nitrogens with one attached hydrogen (secondary N) is 1. The second-order valence-electron chi connectivity index (χ2n) is 8.66. The molecule has 1 atom stereocenters. The Labute approximate surface area is 209 Å². The summed E-state index contributed by atoms with van der Waals surface area (Å²) in [5, 5.41) is 3.42. The first kappa shape index (κ1) is 26.4. The maximum Gasteiger partial charge on any atom is 0.229 e. The molecule has 2 aromatic heterocycles. The van der Waals surface area contributed by atoms with Crippen molar-refractivity contribution >= 4 is 23.4 Å². The van der Waals surface area contributed by atoms with Gasteiger partial charge in [0, 0.05) is 58.2 Å². The zero-order valence-corrected chi connectivity index (χ0v) is 21.6. The van der Waals surface area contributed by atoms with Gasteiger partial charge in [-0.05, 0) is 39.0 Å². The van der Waals surface area contributed by atoms with Crippen LogP contribution in [0.25, 0.3) is 0 Å². The van der Waals surface area contributed by atoms with E-state index in [1.807, 2.05) is 76.3 Å². The van der Waals surface area contributed by atoms with Gasteiger partial charge in [0.05, 0.1) is 25.9 Å². The van der Waals surface area contributed by atoms with Gasteiger partial charge >= 0.3 is 0 Å². The summed E-state index contributed by atoms with van der Waals surface area (Å²) < 4.78 is 11.3. The summed E-state index contributed by atoms with van der Waals surface area (Å²) in [6, 6.07) is 7.99. The molecule has 3 heterocycles. The van der Waals surface area contributed by atoms with Crippen LogP contribution in [0, 0.1) is 0 Å². The molecule has 1 fully saturated rings. The van der Waals surface area contributed by atoms with E-state index in [2.05, 4.69) is 32.2 Å². The number of hydrogen-bond acceptors (Lipinski definition) is 9. The summed E-state index contributed by atoms with van der Waals surface area (Å²) in [7, 11) is 3.98. The van der Waals surface area contributed by atoms with Crippen molar-refractivity contribution in [2.24, 2.45) is 0 Å². The van der Waals surface area contributed by atoms with Crippen LogP contribution < -0.4 is 20.0 Å². The third-order valence-corrected chi connectivity index (χ3v) is 5.56. The van der Waals surface area contributed by atoms with Crippen LogP contribution in [-0.4, -0.2) is 81.2 Å². The average molecular weight is 482 g/mol. The molecule has 35 heavy (non-hydrogen) atoms. The lowest BCUT2D eigenvalue weighted by Gasteiger charge is -2.35. The number of allylic oxidation sites excluding steroid dienone is 2. The number of aromatic nitrogens is 3. The Hall–Kier alpha value is -3.17. The minimum absolute atomic E-state index is 0.0397. The summed E-state index contributed by atoms with van der Waals surface area (Å²) >= 11 is 0. The summed E-state index contributed by atoms with van der Waals surface area (Å²) in [6.45, 7) is 11.2. The molecular formula is C26H39N7O2. The molecule has 0 aromatic carbocycles. The smallest absolute Gasteiger partial charge is 0.229 e. The average Bonchev–Trinajstić information content (AvgIpc) is 2.86. The Morgan fingerprint density at radius 1 is 1.14 bits per heavy atom. The van der Waals surface area contributed by atoms with E-state index < -0.39 is 0 Å². The maximum atomic E-state index is 5.83. The number of rotatable bonds is 12. The number of anilines is 4. The fourth-order valence-electron chi connectivity index (χ4n) is 3.72. The van der Waals surface area contributed by atoms with Gasteiger partial charge in [0.15, 0.2) is 0 Å². The highest BCUT2D eigenvalue weighted by Gasteiger charge is 2.21. The van der Waals surface area contributed by atoms with Gasteiger partial charge in [0.25, 0.3) is 0 Å². The molecule has 1 aliphatic rings. The molecule has 1 N–H and O–H groups in total. The quantitative estimate of drug-likeness (QED) is 0.361. The first-order valence-electron chi connectivity index (χ1n) is 12.2. The van der Waals surface area contributed by atoms with Crippen molar-refractivity contribution < 1.29 is 9.47 Å². The van der Waals surface area contributed by atoms with E-state index in [9.17, 15) is 0 Å². The minimum Gasteiger partial charge on any atom is -0.375 e. The zero-order chi connectivity index (χ0) is 25.0. The van der Waals surface area contributed by atoms with Crippen LogP contribution in [0.5, 0.6) is 0 Å². The highest BCUT2D eigenvalue weighted by molar-refractivity contribution is 5.56. The van der Waals surface area contributed by atoms with Crippen LogP contribution in [0.4, 0.5) is 23.4 Å². The molecule has 1 saturated heterocycles. The zero-order valence-electron chi connectivity index (χ0n) is 21.6. The summed E-state index contributed by atoms with van der Waals surface area (Å²) in [5.74, 6) is 3.37. The van der Waals surface area contributed by atoms with Gasteiger partial charge in [-0.3, -0.25) is 0 Å². The molecule has 2 aromatic rings. The lowest BCUT2D eigenvalue weighted by Crippen LogP contribution is -2.47. The molecule has 1 aliphatic heterocycles. The van der Waals surface area contributed by atoms with E-state index in [4.69, 9.17) is 19.4 Å². The monoisotopic (exact) mass is 481 g/mol. The lowest BCUT2D eigenvalue weighted by molar-refractivity contribution is 0.0377. The minimum atomic E-state index is -0.0397. The van der Waals surface area contributed by atoms with Gasteiger partial charge in [-0.25, -0.2) is 4.98 Å². The fraction of sp³-hybridized carbons (Fsp3) is 0.500.